The van der Waals surface area contributed by atoms with Gasteiger partial charge in [-0.05, 0) is 106 Å². The molecule has 0 saturated carbocycles. The Morgan fingerprint density at radius 1 is 0.661 bits per heavy atom. The summed E-state index contributed by atoms with van der Waals surface area (Å²) in [4.78, 5) is 26.4. The van der Waals surface area contributed by atoms with E-state index in [0.717, 1.165) is 35.0 Å². The number of anilines is 3. The van der Waals surface area contributed by atoms with Gasteiger partial charge in [-0.25, -0.2) is 4.79 Å². The zero-order chi connectivity index (χ0) is 44.1. The average Bonchev–Trinajstić information content (AvgIpc) is 3.27. The molecule has 13 nitrogen and oxygen atoms in total. The first-order valence-corrected chi connectivity index (χ1v) is 23.5. The van der Waals surface area contributed by atoms with Crippen LogP contribution in [-0.2, 0) is 45.6 Å². The maximum absolute atomic E-state index is 13.1. The van der Waals surface area contributed by atoms with Crippen molar-refractivity contribution < 1.29 is 55.1 Å². The van der Waals surface area contributed by atoms with E-state index in [1.54, 1.807) is 63.8 Å². The van der Waals surface area contributed by atoms with Gasteiger partial charge >= 0.3 is 29.5 Å². The van der Waals surface area contributed by atoms with Crippen molar-refractivity contribution in [3.63, 3.8) is 0 Å². The monoisotopic (exact) mass is 857 g/mol. The second kappa shape index (κ2) is 25.5. The second-order valence-corrected chi connectivity index (χ2v) is 20.6. The molecule has 0 aliphatic rings. The van der Waals surface area contributed by atoms with Crippen molar-refractivity contribution in [2.24, 2.45) is 5.41 Å². The predicted molar refractivity (Wildman–Crippen MR) is 235 cm³/mol. The van der Waals surface area contributed by atoms with Gasteiger partial charge in [-0.3, -0.25) is 4.79 Å². The van der Waals surface area contributed by atoms with Crippen LogP contribution >= 0.6 is 0 Å². The zero-order valence-electron chi connectivity index (χ0n) is 37.2. The van der Waals surface area contributed by atoms with Gasteiger partial charge in [-0.1, -0.05) is 31.7 Å². The van der Waals surface area contributed by atoms with Crippen LogP contribution in [0.25, 0.3) is 0 Å². The van der Waals surface area contributed by atoms with Gasteiger partial charge in [0.2, 0.25) is 0 Å². The Balaban J connectivity index is 0.000000632. The third-order valence-corrected chi connectivity index (χ3v) is 15.7. The zero-order valence-corrected chi connectivity index (χ0v) is 39.2. The summed E-state index contributed by atoms with van der Waals surface area (Å²) in [5, 5.41) is 0. The lowest BCUT2D eigenvalue weighted by molar-refractivity contribution is -0.154. The summed E-state index contributed by atoms with van der Waals surface area (Å²) in [6.07, 6.45) is 2.82. The number of rotatable bonds is 25. The van der Waals surface area contributed by atoms with Crippen LogP contribution in [0.1, 0.15) is 64.9 Å². The van der Waals surface area contributed by atoms with Crippen molar-refractivity contribution in [1.82, 2.24) is 0 Å². The van der Waals surface area contributed by atoms with Crippen LogP contribution in [0.4, 0.5) is 17.1 Å². The molecule has 0 spiro atoms. The van der Waals surface area contributed by atoms with E-state index in [1.807, 2.05) is 56.3 Å². The van der Waals surface area contributed by atoms with Crippen LogP contribution in [0.5, 0.6) is 11.5 Å². The van der Waals surface area contributed by atoms with Gasteiger partial charge in [-0.2, -0.15) is 0 Å². The highest BCUT2D eigenvalue weighted by atomic mass is 28.4. The lowest BCUT2D eigenvalue weighted by Crippen LogP contribution is -2.42. The van der Waals surface area contributed by atoms with Crippen molar-refractivity contribution in [3.05, 3.63) is 90.5 Å². The summed E-state index contributed by atoms with van der Waals surface area (Å²) < 4.78 is 53.6. The normalized spacial score (nSPS) is 12.1. The molecule has 0 saturated heterocycles. The van der Waals surface area contributed by atoms with Gasteiger partial charge in [0.1, 0.15) is 11.5 Å². The molecule has 0 bridgehead atoms. The molecule has 1 atom stereocenters. The third-order valence-electron chi connectivity index (χ3n) is 10.0. The van der Waals surface area contributed by atoms with Crippen molar-refractivity contribution >= 4 is 46.6 Å². The lowest BCUT2D eigenvalue weighted by atomic mass is 9.79. The molecule has 1 unspecified atom stereocenters. The Kier molecular flexibility index (Phi) is 22.1. The smallest absolute Gasteiger partial charge is 0.497 e. The average molecular weight is 858 g/mol. The Bertz CT molecular complexity index is 1680. The van der Waals surface area contributed by atoms with Crippen LogP contribution in [0, 0.1) is 5.41 Å². The Morgan fingerprint density at radius 3 is 1.58 bits per heavy atom. The molecule has 3 aromatic rings. The molecular weight excluding hydrogens is 791 g/mol. The van der Waals surface area contributed by atoms with Crippen molar-refractivity contribution in [2.45, 2.75) is 71.4 Å². The maximum Gasteiger partial charge on any atom is 0.500 e. The summed E-state index contributed by atoms with van der Waals surface area (Å²) in [7, 11) is 7.54. The summed E-state index contributed by atoms with van der Waals surface area (Å²) in [5.74, 6) is 1.19. The molecule has 0 aliphatic heterocycles. The van der Waals surface area contributed by atoms with E-state index in [1.165, 1.54) is 5.56 Å². The number of hydrogen-bond donors (Lipinski definition) is 0. The second-order valence-electron chi connectivity index (χ2n) is 14.4. The fraction of sp³-hybridized carbons (Fsp3) is 0.500. The Hall–Kier alpha value is -4.07. The molecule has 3 aromatic carbocycles. The van der Waals surface area contributed by atoms with Crippen LogP contribution in [0.2, 0.25) is 12.1 Å². The standard InChI is InChI=1S/C34H47NO7Si.C10H20O5Si/c1-9-26(25-34(2,3)33(36)42-22-11-23-43(39-6,40-7)41-8)27-14-16-28(17-15-27)35(29-18-20-31(37-4)21-19-29)30-12-10-13-32(24-30)38-5;1-9(2)10(11)15-7-6-8-16(12-3,13-4)14-5/h10,12-21,24,26H,9,11,22-23,25H2,1-8H3;1,6-8H2,2-5H3. The minimum absolute atomic E-state index is 0.193. The number of carbonyl (C=O) groups is 2. The molecule has 15 heteroatoms. The molecule has 328 valence electrons. The quantitative estimate of drug-likeness (QED) is 0.0348. The van der Waals surface area contributed by atoms with Crippen LogP contribution in [0.3, 0.4) is 0 Å². The third kappa shape index (κ3) is 15.5. The molecule has 3 rings (SSSR count). The largest absolute Gasteiger partial charge is 0.500 e. The topological polar surface area (TPSA) is 130 Å². The molecule has 0 radical (unpaired) electrons. The minimum Gasteiger partial charge on any atom is -0.497 e. The van der Waals surface area contributed by atoms with E-state index in [4.69, 9.17) is 45.5 Å². The van der Waals surface area contributed by atoms with E-state index in [2.05, 4.69) is 48.7 Å². The van der Waals surface area contributed by atoms with E-state index >= 15 is 0 Å². The van der Waals surface area contributed by atoms with Crippen molar-refractivity contribution in [3.8, 4) is 11.5 Å². The van der Waals surface area contributed by atoms with Gasteiger partial charge < -0.3 is 50.4 Å². The number of hydrogen-bond acceptors (Lipinski definition) is 13. The predicted octanol–water partition coefficient (Wildman–Crippen LogP) is 9.27. The number of esters is 2. The molecule has 0 amide bonds. The molecule has 0 N–H and O–H groups in total. The number of carbonyl (C=O) groups excluding carboxylic acids is 2. The first-order valence-electron chi connectivity index (χ1n) is 19.7. The molecular formula is C44H67NO12Si2. The highest BCUT2D eigenvalue weighted by Gasteiger charge is 2.38. The van der Waals surface area contributed by atoms with Crippen LogP contribution in [0.15, 0.2) is 84.9 Å². The number of benzene rings is 3. The van der Waals surface area contributed by atoms with Crippen molar-refractivity contribution in [2.75, 3.05) is 75.0 Å². The van der Waals surface area contributed by atoms with Gasteiger partial charge in [0.15, 0.2) is 0 Å². The van der Waals surface area contributed by atoms with Gasteiger partial charge in [0, 0.05) is 83.4 Å². The Morgan fingerprint density at radius 2 is 1.14 bits per heavy atom. The molecule has 0 fully saturated rings. The number of methoxy groups -OCH3 is 2. The van der Waals surface area contributed by atoms with Crippen LogP contribution < -0.4 is 14.4 Å². The number of nitrogens with zero attached hydrogens (tertiary/aromatic N) is 1. The van der Waals surface area contributed by atoms with Crippen LogP contribution in [-0.4, -0.2) is 99.6 Å². The molecule has 0 heterocycles. The first kappa shape index (κ1) is 51.1. The van der Waals surface area contributed by atoms with Gasteiger partial charge in [-0.15, -0.1) is 0 Å². The number of ether oxygens (including phenoxy) is 4. The fourth-order valence-corrected chi connectivity index (χ4v) is 9.74. The highest BCUT2D eigenvalue weighted by molar-refractivity contribution is 6.60. The van der Waals surface area contributed by atoms with E-state index in [-0.39, 0.29) is 17.9 Å². The van der Waals surface area contributed by atoms with Gasteiger partial charge in [0.05, 0.1) is 32.8 Å². The lowest BCUT2D eigenvalue weighted by Gasteiger charge is -2.29. The summed E-state index contributed by atoms with van der Waals surface area (Å²) in [6.45, 7) is 11.8. The van der Waals surface area contributed by atoms with Crippen molar-refractivity contribution in [1.29, 1.82) is 0 Å². The maximum atomic E-state index is 13.1. The summed E-state index contributed by atoms with van der Waals surface area (Å²) in [6, 6.07) is 25.8. The van der Waals surface area contributed by atoms with E-state index < -0.39 is 23.0 Å². The summed E-state index contributed by atoms with van der Waals surface area (Å²) >= 11 is 0. The molecule has 0 aromatic heterocycles. The Labute approximate surface area is 354 Å². The van der Waals surface area contributed by atoms with E-state index in [0.29, 0.717) is 50.1 Å². The molecule has 59 heavy (non-hydrogen) atoms. The fourth-order valence-electron chi connectivity index (χ4n) is 6.36. The van der Waals surface area contributed by atoms with E-state index in [9.17, 15) is 9.59 Å². The first-order chi connectivity index (χ1) is 28.2. The summed E-state index contributed by atoms with van der Waals surface area (Å²) in [5.41, 5.74) is 3.93. The van der Waals surface area contributed by atoms with Gasteiger partial charge in [0.25, 0.3) is 0 Å². The highest BCUT2D eigenvalue weighted by Crippen LogP contribution is 2.39. The molecule has 0 aliphatic carbocycles. The minimum atomic E-state index is -2.68. The SMILES string of the molecule is C=C(C)C(=O)OCCC[Si](OC)(OC)OC.CCC(CC(C)(C)C(=O)OCCC[Si](OC)(OC)OC)c1ccc(N(c2ccc(OC)cc2)c2cccc(OC)c2)cc1.